The van der Waals surface area contributed by atoms with Gasteiger partial charge in [-0.05, 0) is 47.5 Å². The van der Waals surface area contributed by atoms with E-state index in [0.717, 1.165) is 0 Å². The Bertz CT molecular complexity index is 799. The van der Waals surface area contributed by atoms with Crippen molar-refractivity contribution in [3.8, 4) is 16.9 Å². The van der Waals surface area contributed by atoms with Gasteiger partial charge in [-0.3, -0.25) is 14.8 Å². The lowest BCUT2D eigenvalue weighted by Crippen LogP contribution is -2.06. The predicted molar refractivity (Wildman–Crippen MR) is 92.2 cm³/mol. The fourth-order valence-electron chi connectivity index (χ4n) is 1.98. The Morgan fingerprint density at radius 3 is 1.76 bits per heavy atom. The molecule has 0 saturated carbocycles. The second-order valence-corrected chi connectivity index (χ2v) is 4.87. The second-order valence-electron chi connectivity index (χ2n) is 4.87. The molecule has 2 heterocycles. The molecule has 0 spiro atoms. The summed E-state index contributed by atoms with van der Waals surface area (Å²) in [5.74, 6) is -1.58. The Morgan fingerprint density at radius 1 is 0.840 bits per heavy atom. The number of hydrogen-bond acceptors (Lipinski definition) is 5. The minimum atomic E-state index is -1.11. The highest BCUT2D eigenvalue weighted by Crippen LogP contribution is 2.17. The van der Waals surface area contributed by atoms with E-state index in [9.17, 15) is 9.59 Å². The van der Waals surface area contributed by atoms with Gasteiger partial charge in [0.1, 0.15) is 11.3 Å². The van der Waals surface area contributed by atoms with E-state index in [1.807, 2.05) is 24.3 Å². The van der Waals surface area contributed by atoms with Crippen LogP contribution in [0.5, 0.6) is 5.75 Å². The number of para-hydroxylation sites is 1. The number of aromatic carboxylic acids is 1. The molecule has 3 rings (SSSR count). The van der Waals surface area contributed by atoms with Crippen LogP contribution >= 0.6 is 0 Å². The molecule has 3 aromatic rings. The van der Waals surface area contributed by atoms with Gasteiger partial charge in [-0.2, -0.15) is 0 Å². The molecule has 0 saturated heterocycles. The van der Waals surface area contributed by atoms with Crippen LogP contribution in [0.25, 0.3) is 11.1 Å². The van der Waals surface area contributed by atoms with Crippen LogP contribution < -0.4 is 4.74 Å². The smallest absolute Gasteiger partial charge is 0.339 e. The maximum absolute atomic E-state index is 10.6. The third-order valence-electron chi connectivity index (χ3n) is 3.07. The van der Waals surface area contributed by atoms with E-state index < -0.39 is 11.9 Å². The standard InChI is InChI=1S/C10H8N2.C9H8O4/c1-5-11-6-2-9(1)10-3-7-12-8-4-10;1-6(10)13-8-5-3-2-4-7(8)9(11)12/h1-8H;2-5H,1H3,(H,11,12). The molecule has 0 bridgehead atoms. The number of carbonyl (C=O) groups excluding carboxylic acids is 1. The van der Waals surface area contributed by atoms with Crippen LogP contribution in [0.2, 0.25) is 0 Å². The van der Waals surface area contributed by atoms with Crippen molar-refractivity contribution in [1.82, 2.24) is 9.97 Å². The van der Waals surface area contributed by atoms with Gasteiger partial charge in [0.2, 0.25) is 0 Å². The molecule has 0 aliphatic rings. The third-order valence-corrected chi connectivity index (χ3v) is 3.07. The molecule has 25 heavy (non-hydrogen) atoms. The average Bonchev–Trinajstić information content (AvgIpc) is 2.63. The first kappa shape index (κ1) is 17.8. The summed E-state index contributed by atoms with van der Waals surface area (Å²) in [6.07, 6.45) is 7.15. The third kappa shape index (κ3) is 5.54. The van der Waals surface area contributed by atoms with Crippen molar-refractivity contribution >= 4 is 11.9 Å². The van der Waals surface area contributed by atoms with Crippen LogP contribution in [0.1, 0.15) is 17.3 Å². The number of ether oxygens (including phenoxy) is 1. The van der Waals surface area contributed by atoms with Gasteiger partial charge >= 0.3 is 11.9 Å². The molecule has 1 aromatic carbocycles. The minimum Gasteiger partial charge on any atom is -0.478 e. The molecule has 0 aliphatic carbocycles. The summed E-state index contributed by atoms with van der Waals surface area (Å²) in [7, 11) is 0. The number of benzene rings is 1. The second kappa shape index (κ2) is 8.93. The first-order chi connectivity index (χ1) is 12.1. The van der Waals surface area contributed by atoms with Gasteiger partial charge in [0.05, 0.1) is 0 Å². The molecular weight excluding hydrogens is 320 g/mol. The molecule has 0 radical (unpaired) electrons. The fourth-order valence-corrected chi connectivity index (χ4v) is 1.98. The van der Waals surface area contributed by atoms with Crippen LogP contribution in [-0.4, -0.2) is 27.0 Å². The molecule has 0 fully saturated rings. The summed E-state index contributed by atoms with van der Waals surface area (Å²) in [5, 5.41) is 8.69. The molecule has 1 N–H and O–H groups in total. The first-order valence-electron chi connectivity index (χ1n) is 7.39. The van der Waals surface area contributed by atoms with E-state index in [1.54, 1.807) is 36.9 Å². The summed E-state index contributed by atoms with van der Waals surface area (Å²) in [5.41, 5.74) is 2.33. The summed E-state index contributed by atoms with van der Waals surface area (Å²) < 4.78 is 4.69. The van der Waals surface area contributed by atoms with Crippen molar-refractivity contribution in [3.05, 3.63) is 78.9 Å². The number of nitrogens with zero attached hydrogens (tertiary/aromatic N) is 2. The van der Waals surface area contributed by atoms with Gasteiger partial charge in [0.15, 0.2) is 0 Å². The summed E-state index contributed by atoms with van der Waals surface area (Å²) in [6, 6.07) is 13.9. The maximum Gasteiger partial charge on any atom is 0.339 e. The zero-order valence-electron chi connectivity index (χ0n) is 13.5. The van der Waals surface area contributed by atoms with Gasteiger partial charge < -0.3 is 9.84 Å². The Balaban J connectivity index is 0.000000181. The first-order valence-corrected chi connectivity index (χ1v) is 7.39. The highest BCUT2D eigenvalue weighted by molar-refractivity contribution is 5.91. The minimum absolute atomic E-state index is 0.0160. The lowest BCUT2D eigenvalue weighted by atomic mass is 10.1. The summed E-state index contributed by atoms with van der Waals surface area (Å²) in [6.45, 7) is 1.22. The highest BCUT2D eigenvalue weighted by Gasteiger charge is 2.10. The van der Waals surface area contributed by atoms with E-state index >= 15 is 0 Å². The fraction of sp³-hybridized carbons (Fsp3) is 0.0526. The van der Waals surface area contributed by atoms with Crippen molar-refractivity contribution in [2.45, 2.75) is 6.92 Å². The van der Waals surface area contributed by atoms with Gasteiger partial charge in [-0.1, -0.05) is 12.1 Å². The zero-order chi connectivity index (χ0) is 18.1. The van der Waals surface area contributed by atoms with Gasteiger partial charge in [-0.25, -0.2) is 4.79 Å². The molecule has 0 atom stereocenters. The topological polar surface area (TPSA) is 89.4 Å². The number of carbonyl (C=O) groups is 2. The molecule has 2 aromatic heterocycles. The van der Waals surface area contributed by atoms with Crippen LogP contribution in [0.3, 0.4) is 0 Å². The Morgan fingerprint density at radius 2 is 1.32 bits per heavy atom. The van der Waals surface area contributed by atoms with Crippen molar-refractivity contribution in [3.63, 3.8) is 0 Å². The quantitative estimate of drug-likeness (QED) is 0.582. The molecule has 0 amide bonds. The lowest BCUT2D eigenvalue weighted by Gasteiger charge is -2.03. The number of carboxylic acid groups (broad SMARTS) is 1. The van der Waals surface area contributed by atoms with Gasteiger partial charge in [0.25, 0.3) is 0 Å². The lowest BCUT2D eigenvalue weighted by molar-refractivity contribution is -0.131. The zero-order valence-corrected chi connectivity index (χ0v) is 13.5. The van der Waals surface area contributed by atoms with Crippen molar-refractivity contribution in [1.29, 1.82) is 0 Å². The van der Waals surface area contributed by atoms with Crippen LogP contribution in [-0.2, 0) is 4.79 Å². The number of carboxylic acids is 1. The van der Waals surface area contributed by atoms with Crippen LogP contribution in [0, 0.1) is 0 Å². The SMILES string of the molecule is CC(=O)Oc1ccccc1C(=O)O.c1cc(-c2ccncc2)ccn1. The van der Waals surface area contributed by atoms with E-state index in [2.05, 4.69) is 14.7 Å². The molecule has 6 heteroatoms. The van der Waals surface area contributed by atoms with Crippen molar-refractivity contribution < 1.29 is 19.4 Å². The van der Waals surface area contributed by atoms with E-state index in [1.165, 1.54) is 30.2 Å². The van der Waals surface area contributed by atoms with Gasteiger partial charge in [0, 0.05) is 31.7 Å². The number of aromatic nitrogens is 2. The molecule has 0 unspecified atom stereocenters. The van der Waals surface area contributed by atoms with E-state index in [-0.39, 0.29) is 11.3 Å². The number of rotatable bonds is 3. The average molecular weight is 336 g/mol. The summed E-state index contributed by atoms with van der Waals surface area (Å²) in [4.78, 5) is 29.1. The predicted octanol–water partition coefficient (Wildman–Crippen LogP) is 3.45. The van der Waals surface area contributed by atoms with Crippen LogP contribution in [0.15, 0.2) is 73.3 Å². The number of pyridine rings is 2. The Kier molecular flexibility index (Phi) is 6.36. The van der Waals surface area contributed by atoms with E-state index in [0.29, 0.717) is 0 Å². The Labute approximate surface area is 144 Å². The molecule has 0 aliphatic heterocycles. The van der Waals surface area contributed by atoms with E-state index in [4.69, 9.17) is 5.11 Å². The van der Waals surface area contributed by atoms with Crippen molar-refractivity contribution in [2.24, 2.45) is 0 Å². The number of hydrogen-bond donors (Lipinski definition) is 1. The van der Waals surface area contributed by atoms with Gasteiger partial charge in [-0.15, -0.1) is 0 Å². The summed E-state index contributed by atoms with van der Waals surface area (Å²) >= 11 is 0. The Hall–Kier alpha value is -3.54. The molecular formula is C19H16N2O4. The largest absolute Gasteiger partial charge is 0.478 e. The normalized spacial score (nSPS) is 9.48. The maximum atomic E-state index is 10.6. The van der Waals surface area contributed by atoms with Crippen molar-refractivity contribution in [2.75, 3.05) is 0 Å². The molecule has 6 nitrogen and oxygen atoms in total. The monoisotopic (exact) mass is 336 g/mol. The number of esters is 1. The van der Waals surface area contributed by atoms with Crippen LogP contribution in [0.4, 0.5) is 0 Å². The molecule has 126 valence electrons. The highest BCUT2D eigenvalue weighted by atomic mass is 16.5.